The van der Waals surface area contributed by atoms with Crippen molar-refractivity contribution in [1.82, 2.24) is 19.5 Å². The van der Waals surface area contributed by atoms with Crippen LogP contribution in [0.3, 0.4) is 0 Å². The molecule has 4 heterocycles. The molecule has 7 nitrogen and oxygen atoms in total. The van der Waals surface area contributed by atoms with Crippen LogP contribution in [-0.2, 0) is 0 Å². The third-order valence-corrected chi connectivity index (χ3v) is 6.31. The molecule has 0 radical (unpaired) electrons. The van der Waals surface area contributed by atoms with Gasteiger partial charge in [-0.25, -0.2) is 4.39 Å². The number of aromatic hydroxyl groups is 1. The van der Waals surface area contributed by atoms with E-state index in [4.69, 9.17) is 4.42 Å². The van der Waals surface area contributed by atoms with E-state index in [1.165, 1.54) is 28.0 Å². The van der Waals surface area contributed by atoms with Gasteiger partial charge in [-0.2, -0.15) is 9.50 Å². The van der Waals surface area contributed by atoms with Crippen LogP contribution < -0.4 is 0 Å². The molecule has 0 aliphatic carbocycles. The van der Waals surface area contributed by atoms with Crippen LogP contribution in [0.5, 0.6) is 5.88 Å². The third kappa shape index (κ3) is 3.31. The number of hydrogen-bond donors (Lipinski definition) is 2. The number of piperidine rings is 1. The van der Waals surface area contributed by atoms with Gasteiger partial charge in [0.2, 0.25) is 16.7 Å². The van der Waals surface area contributed by atoms with Crippen molar-refractivity contribution >= 4 is 16.3 Å². The Morgan fingerprint density at radius 2 is 1.93 bits per heavy atom. The fraction of sp³-hybridized carbons (Fsp3) is 0.300. The number of thiazole rings is 1. The van der Waals surface area contributed by atoms with E-state index in [2.05, 4.69) is 15.0 Å². The zero-order chi connectivity index (χ0) is 20.0. The number of rotatable bonds is 4. The van der Waals surface area contributed by atoms with Crippen molar-refractivity contribution in [2.45, 2.75) is 25.0 Å². The van der Waals surface area contributed by atoms with E-state index >= 15 is 0 Å². The van der Waals surface area contributed by atoms with Gasteiger partial charge in [-0.05, 0) is 42.7 Å². The van der Waals surface area contributed by atoms with Crippen LogP contribution in [0.4, 0.5) is 4.39 Å². The standard InChI is InChI=1S/C20H19FN4O3S/c21-13-5-3-12(4-6-13)16(24-9-7-14(26)8-10-24)17-19(27)25-20(29-17)22-18(23-25)15-2-1-11-28-15/h1-6,11,14,16,26-27H,7-10H2/t16-/m0/s1. The molecule has 1 atom stereocenters. The monoisotopic (exact) mass is 414 g/mol. The number of benzene rings is 1. The van der Waals surface area contributed by atoms with Crippen molar-refractivity contribution < 1.29 is 19.0 Å². The highest BCUT2D eigenvalue weighted by Gasteiger charge is 2.32. The molecule has 0 saturated carbocycles. The number of aliphatic hydroxyl groups is 1. The second-order valence-electron chi connectivity index (χ2n) is 7.12. The number of nitrogens with zero attached hydrogens (tertiary/aromatic N) is 4. The number of furan rings is 1. The molecule has 3 aromatic heterocycles. The Bertz CT molecular complexity index is 1110. The molecule has 150 valence electrons. The maximum atomic E-state index is 13.5. The second kappa shape index (κ2) is 7.25. The van der Waals surface area contributed by atoms with E-state index in [0.717, 1.165) is 5.56 Å². The molecule has 9 heteroatoms. The molecule has 2 N–H and O–H groups in total. The van der Waals surface area contributed by atoms with Crippen LogP contribution in [0.15, 0.2) is 47.1 Å². The van der Waals surface area contributed by atoms with Gasteiger partial charge < -0.3 is 14.6 Å². The summed E-state index contributed by atoms with van der Waals surface area (Å²) in [5.74, 6) is 0.636. The smallest absolute Gasteiger partial charge is 0.230 e. The first kappa shape index (κ1) is 18.3. The number of aromatic nitrogens is 3. The summed E-state index contributed by atoms with van der Waals surface area (Å²) in [6.45, 7) is 1.35. The first-order valence-corrected chi connectivity index (χ1v) is 10.2. The highest BCUT2D eigenvalue weighted by atomic mass is 32.1. The second-order valence-corrected chi connectivity index (χ2v) is 8.13. The van der Waals surface area contributed by atoms with E-state index in [-0.39, 0.29) is 23.8 Å². The predicted molar refractivity (Wildman–Crippen MR) is 105 cm³/mol. The van der Waals surface area contributed by atoms with Gasteiger partial charge in [0.05, 0.1) is 23.3 Å². The van der Waals surface area contributed by atoms with Crippen LogP contribution in [-0.4, -0.2) is 48.9 Å². The van der Waals surface area contributed by atoms with Crippen molar-refractivity contribution in [1.29, 1.82) is 0 Å². The first-order chi connectivity index (χ1) is 14.1. The Balaban J connectivity index is 1.57. The maximum absolute atomic E-state index is 13.5. The van der Waals surface area contributed by atoms with Gasteiger partial charge in [-0.3, -0.25) is 4.90 Å². The molecule has 0 unspecified atom stereocenters. The topological polar surface area (TPSA) is 87.0 Å². The van der Waals surface area contributed by atoms with Crippen molar-refractivity contribution in [3.63, 3.8) is 0 Å². The van der Waals surface area contributed by atoms with Gasteiger partial charge in [-0.1, -0.05) is 23.5 Å². The molecule has 0 bridgehead atoms. The number of fused-ring (bicyclic) bond motifs is 1. The minimum absolute atomic E-state index is 0.00996. The van der Waals surface area contributed by atoms with E-state index in [1.54, 1.807) is 30.5 Å². The maximum Gasteiger partial charge on any atom is 0.230 e. The van der Waals surface area contributed by atoms with Crippen molar-refractivity contribution in [2.24, 2.45) is 0 Å². The summed E-state index contributed by atoms with van der Waals surface area (Å²) in [6.07, 6.45) is 2.54. The average Bonchev–Trinajstić information content (AvgIpc) is 3.44. The van der Waals surface area contributed by atoms with Gasteiger partial charge in [0, 0.05) is 13.1 Å². The summed E-state index contributed by atoms with van der Waals surface area (Å²) < 4.78 is 20.2. The summed E-state index contributed by atoms with van der Waals surface area (Å²) in [4.78, 5) is 7.91. The Morgan fingerprint density at radius 3 is 2.59 bits per heavy atom. The fourth-order valence-corrected chi connectivity index (χ4v) is 4.87. The predicted octanol–water partition coefficient (Wildman–Crippen LogP) is 3.44. The lowest BCUT2D eigenvalue weighted by molar-refractivity contribution is 0.0689. The first-order valence-electron chi connectivity index (χ1n) is 9.40. The molecule has 5 rings (SSSR count). The summed E-state index contributed by atoms with van der Waals surface area (Å²) in [7, 11) is 0. The van der Waals surface area contributed by atoms with Crippen LogP contribution in [0.25, 0.3) is 16.5 Å². The Labute approximate surface area is 169 Å². The molecule has 1 aliphatic heterocycles. The van der Waals surface area contributed by atoms with Crippen LogP contribution in [0.2, 0.25) is 0 Å². The summed E-state index contributed by atoms with van der Waals surface area (Å²) in [6, 6.07) is 9.55. The van der Waals surface area contributed by atoms with E-state index in [9.17, 15) is 14.6 Å². The van der Waals surface area contributed by atoms with E-state index < -0.39 is 0 Å². The van der Waals surface area contributed by atoms with Crippen LogP contribution in [0, 0.1) is 5.82 Å². The van der Waals surface area contributed by atoms with Crippen molar-refractivity contribution in [3.8, 4) is 17.5 Å². The lowest BCUT2D eigenvalue weighted by atomic mass is 9.99. The fourth-order valence-electron chi connectivity index (χ4n) is 3.76. The lowest BCUT2D eigenvalue weighted by Crippen LogP contribution is -2.38. The van der Waals surface area contributed by atoms with Crippen LogP contribution >= 0.6 is 11.3 Å². The zero-order valence-electron chi connectivity index (χ0n) is 15.4. The highest BCUT2D eigenvalue weighted by molar-refractivity contribution is 7.17. The molecule has 1 aromatic carbocycles. The molecule has 1 aliphatic rings. The summed E-state index contributed by atoms with van der Waals surface area (Å²) in [5.41, 5.74) is 0.869. The number of aliphatic hydroxyl groups excluding tert-OH is 1. The van der Waals surface area contributed by atoms with Crippen molar-refractivity contribution in [2.75, 3.05) is 13.1 Å². The van der Waals surface area contributed by atoms with E-state index in [1.807, 2.05) is 0 Å². The molecule has 4 aromatic rings. The molecule has 0 amide bonds. The molecule has 0 spiro atoms. The van der Waals surface area contributed by atoms with Gasteiger partial charge in [0.25, 0.3) is 0 Å². The molecule has 1 saturated heterocycles. The summed E-state index contributed by atoms with van der Waals surface area (Å²) in [5, 5.41) is 25.2. The number of likely N-dealkylation sites (tertiary alicyclic amines) is 1. The van der Waals surface area contributed by atoms with Gasteiger partial charge in [0.15, 0.2) is 5.76 Å². The van der Waals surface area contributed by atoms with Gasteiger partial charge in [-0.15, -0.1) is 5.10 Å². The van der Waals surface area contributed by atoms with Gasteiger partial charge in [0.1, 0.15) is 5.82 Å². The number of halogens is 1. The Hall–Kier alpha value is -2.75. The number of hydrogen-bond acceptors (Lipinski definition) is 7. The molecule has 1 fully saturated rings. The Morgan fingerprint density at radius 1 is 1.17 bits per heavy atom. The normalized spacial score (nSPS) is 17.2. The minimum atomic E-state index is -0.313. The average molecular weight is 414 g/mol. The quantitative estimate of drug-likeness (QED) is 0.532. The van der Waals surface area contributed by atoms with Gasteiger partial charge >= 0.3 is 0 Å². The summed E-state index contributed by atoms with van der Waals surface area (Å²) >= 11 is 1.34. The minimum Gasteiger partial charge on any atom is -0.492 e. The Kier molecular flexibility index (Phi) is 4.57. The van der Waals surface area contributed by atoms with E-state index in [0.29, 0.717) is 47.4 Å². The largest absolute Gasteiger partial charge is 0.492 e. The molecular formula is C20H19FN4O3S. The lowest BCUT2D eigenvalue weighted by Gasteiger charge is -2.36. The third-order valence-electron chi connectivity index (χ3n) is 5.24. The SMILES string of the molecule is Oc1c([C@H](c2ccc(F)cc2)N2CCC(O)CC2)sc2nc(-c3ccco3)nn12. The zero-order valence-corrected chi connectivity index (χ0v) is 16.2. The van der Waals surface area contributed by atoms with Crippen molar-refractivity contribution in [3.05, 3.63) is 58.9 Å². The van der Waals surface area contributed by atoms with Crippen LogP contribution in [0.1, 0.15) is 29.3 Å². The highest BCUT2D eigenvalue weighted by Crippen LogP contribution is 2.41. The molecule has 29 heavy (non-hydrogen) atoms. The molecular weight excluding hydrogens is 395 g/mol.